The maximum atomic E-state index is 11.9. The molecule has 1 N–H and O–H groups in total. The summed E-state index contributed by atoms with van der Waals surface area (Å²) in [6, 6.07) is 24.7. The zero-order chi connectivity index (χ0) is 18.9. The second-order valence-corrected chi connectivity index (χ2v) is 6.38. The van der Waals surface area contributed by atoms with E-state index in [9.17, 15) is 4.79 Å². The summed E-state index contributed by atoms with van der Waals surface area (Å²) < 4.78 is 5.79. The lowest BCUT2D eigenvalue weighted by atomic mass is 10.1. The molecule has 0 atom stereocenters. The number of nitrogens with zero attached hydrogens (tertiary/aromatic N) is 1. The van der Waals surface area contributed by atoms with E-state index in [0.717, 1.165) is 22.4 Å². The largest absolute Gasteiger partial charge is 0.489 e. The molecule has 3 aromatic carbocycles. The highest BCUT2D eigenvalue weighted by atomic mass is 35.5. The van der Waals surface area contributed by atoms with E-state index in [2.05, 4.69) is 10.5 Å². The summed E-state index contributed by atoms with van der Waals surface area (Å²) in [4.78, 5) is 11.9. The summed E-state index contributed by atoms with van der Waals surface area (Å²) >= 11 is 5.84. The molecule has 0 unspecified atom stereocenters. The summed E-state index contributed by atoms with van der Waals surface area (Å²) in [5.41, 5.74) is 5.35. The van der Waals surface area contributed by atoms with E-state index in [0.29, 0.717) is 11.6 Å². The fraction of sp³-hybridized carbons (Fsp3) is 0.0909. The molecule has 0 fully saturated rings. The Bertz CT molecular complexity index is 909. The number of benzene rings is 3. The van der Waals surface area contributed by atoms with Gasteiger partial charge in [-0.3, -0.25) is 4.79 Å². The van der Waals surface area contributed by atoms with Gasteiger partial charge >= 0.3 is 0 Å². The fourth-order valence-corrected chi connectivity index (χ4v) is 2.56. The molecule has 4 nitrogen and oxygen atoms in total. The molecule has 3 aromatic rings. The summed E-state index contributed by atoms with van der Waals surface area (Å²) in [5, 5.41) is 4.65. The summed E-state index contributed by atoms with van der Waals surface area (Å²) in [6.45, 7) is 0.499. The molecule has 0 bridgehead atoms. The van der Waals surface area contributed by atoms with Crippen LogP contribution in [0.4, 0.5) is 0 Å². The number of hydrogen-bond donors (Lipinski definition) is 1. The van der Waals surface area contributed by atoms with Gasteiger partial charge in [-0.15, -0.1) is 0 Å². The number of hydrazone groups is 1. The van der Waals surface area contributed by atoms with Crippen LogP contribution in [0.15, 0.2) is 84.0 Å². The number of halogens is 1. The second kappa shape index (κ2) is 9.55. The van der Waals surface area contributed by atoms with Crippen molar-refractivity contribution in [3.63, 3.8) is 0 Å². The molecule has 0 aliphatic rings. The van der Waals surface area contributed by atoms with Gasteiger partial charge in [0.2, 0.25) is 5.91 Å². The molecule has 0 spiro atoms. The van der Waals surface area contributed by atoms with Crippen molar-refractivity contribution in [1.82, 2.24) is 5.43 Å². The van der Waals surface area contributed by atoms with E-state index in [4.69, 9.17) is 16.3 Å². The van der Waals surface area contributed by atoms with Crippen molar-refractivity contribution in [2.24, 2.45) is 5.10 Å². The van der Waals surface area contributed by atoms with Crippen LogP contribution in [0.1, 0.15) is 16.7 Å². The summed E-state index contributed by atoms with van der Waals surface area (Å²) in [7, 11) is 0. The molecule has 3 rings (SSSR count). The number of amides is 1. The zero-order valence-corrected chi connectivity index (χ0v) is 15.4. The van der Waals surface area contributed by atoms with Crippen molar-refractivity contribution < 1.29 is 9.53 Å². The number of hydrogen-bond acceptors (Lipinski definition) is 3. The minimum atomic E-state index is -0.190. The maximum Gasteiger partial charge on any atom is 0.244 e. The molecule has 0 heterocycles. The average Bonchev–Trinajstić information content (AvgIpc) is 2.69. The molecule has 0 radical (unpaired) electrons. The molecule has 5 heteroatoms. The van der Waals surface area contributed by atoms with Gasteiger partial charge in [0.15, 0.2) is 0 Å². The third kappa shape index (κ3) is 6.28. The van der Waals surface area contributed by atoms with Crippen molar-refractivity contribution in [2.75, 3.05) is 0 Å². The average molecular weight is 379 g/mol. The summed E-state index contributed by atoms with van der Waals surface area (Å²) in [5.74, 6) is 0.556. The highest BCUT2D eigenvalue weighted by Gasteiger charge is 2.02. The predicted octanol–water partition coefficient (Wildman–Crippen LogP) is 4.61. The molecule has 0 saturated carbocycles. The first-order valence-electron chi connectivity index (χ1n) is 8.52. The number of ether oxygens (including phenoxy) is 1. The monoisotopic (exact) mass is 378 g/mol. The molecular weight excluding hydrogens is 360 g/mol. The molecule has 0 saturated heterocycles. The van der Waals surface area contributed by atoms with E-state index in [1.165, 1.54) is 0 Å². The van der Waals surface area contributed by atoms with Gasteiger partial charge in [-0.2, -0.15) is 5.10 Å². The van der Waals surface area contributed by atoms with Gasteiger partial charge in [0.25, 0.3) is 0 Å². The smallest absolute Gasteiger partial charge is 0.244 e. The molecule has 27 heavy (non-hydrogen) atoms. The lowest BCUT2D eigenvalue weighted by Crippen LogP contribution is -2.19. The van der Waals surface area contributed by atoms with Gasteiger partial charge in [-0.25, -0.2) is 5.43 Å². The van der Waals surface area contributed by atoms with E-state index in [1.807, 2.05) is 66.7 Å². The Morgan fingerprint density at radius 3 is 2.52 bits per heavy atom. The first-order chi connectivity index (χ1) is 13.2. The van der Waals surface area contributed by atoms with Crippen LogP contribution in [0.25, 0.3) is 0 Å². The Morgan fingerprint density at radius 2 is 1.74 bits per heavy atom. The van der Waals surface area contributed by atoms with Crippen molar-refractivity contribution in [1.29, 1.82) is 0 Å². The Balaban J connectivity index is 1.51. The van der Waals surface area contributed by atoms with Crippen LogP contribution in [-0.4, -0.2) is 12.1 Å². The highest BCUT2D eigenvalue weighted by molar-refractivity contribution is 6.30. The van der Waals surface area contributed by atoms with E-state index < -0.39 is 0 Å². The SMILES string of the molecule is O=C(Cc1ccc(Cl)cc1)NN=Cc1cccc(OCc2ccccc2)c1. The lowest BCUT2D eigenvalue weighted by molar-refractivity contribution is -0.120. The van der Waals surface area contributed by atoms with Gasteiger partial charge in [-0.05, 0) is 41.0 Å². The first-order valence-corrected chi connectivity index (χ1v) is 8.90. The molecule has 1 amide bonds. The molecular formula is C22H19ClN2O2. The van der Waals surface area contributed by atoms with Crippen LogP contribution >= 0.6 is 11.6 Å². The van der Waals surface area contributed by atoms with Crippen LogP contribution in [0.2, 0.25) is 5.02 Å². The standard InChI is InChI=1S/C22H19ClN2O2/c23-20-11-9-17(10-12-20)14-22(26)25-24-15-19-7-4-8-21(13-19)27-16-18-5-2-1-3-6-18/h1-13,15H,14,16H2,(H,25,26). The maximum absolute atomic E-state index is 11.9. The van der Waals surface area contributed by atoms with Crippen molar-refractivity contribution in [2.45, 2.75) is 13.0 Å². The second-order valence-electron chi connectivity index (χ2n) is 5.94. The minimum absolute atomic E-state index is 0.190. The van der Waals surface area contributed by atoms with Crippen molar-refractivity contribution >= 4 is 23.7 Å². The highest BCUT2D eigenvalue weighted by Crippen LogP contribution is 2.14. The van der Waals surface area contributed by atoms with Gasteiger partial charge in [0, 0.05) is 5.02 Å². The van der Waals surface area contributed by atoms with Gasteiger partial charge in [-0.1, -0.05) is 66.2 Å². The predicted molar refractivity (Wildman–Crippen MR) is 108 cm³/mol. The van der Waals surface area contributed by atoms with Gasteiger partial charge in [0.05, 0.1) is 12.6 Å². The van der Waals surface area contributed by atoms with E-state index >= 15 is 0 Å². The molecule has 0 aromatic heterocycles. The number of carbonyl (C=O) groups is 1. The van der Waals surface area contributed by atoms with Crippen molar-refractivity contribution in [3.05, 3.63) is 101 Å². The molecule has 136 valence electrons. The van der Waals surface area contributed by atoms with Crippen molar-refractivity contribution in [3.8, 4) is 5.75 Å². The third-order valence-corrected chi connectivity index (χ3v) is 4.04. The van der Waals surface area contributed by atoms with Gasteiger partial charge in [0.1, 0.15) is 12.4 Å². The van der Waals surface area contributed by atoms with E-state index in [1.54, 1.807) is 18.3 Å². The minimum Gasteiger partial charge on any atom is -0.489 e. The topological polar surface area (TPSA) is 50.7 Å². The van der Waals surface area contributed by atoms with Crippen LogP contribution in [0, 0.1) is 0 Å². The quantitative estimate of drug-likeness (QED) is 0.482. The fourth-order valence-electron chi connectivity index (χ4n) is 2.43. The number of carbonyl (C=O) groups excluding carboxylic acids is 1. The zero-order valence-electron chi connectivity index (χ0n) is 14.6. The normalized spacial score (nSPS) is 10.7. The Morgan fingerprint density at radius 1 is 0.963 bits per heavy atom. The molecule has 0 aliphatic carbocycles. The third-order valence-electron chi connectivity index (χ3n) is 3.79. The summed E-state index contributed by atoms with van der Waals surface area (Å²) in [6.07, 6.45) is 1.84. The first kappa shape index (κ1) is 18.7. The van der Waals surface area contributed by atoms with Crippen LogP contribution in [0.3, 0.4) is 0 Å². The number of nitrogens with one attached hydrogen (secondary N) is 1. The van der Waals surface area contributed by atoms with Crippen LogP contribution in [-0.2, 0) is 17.8 Å². The Kier molecular flexibility index (Phi) is 6.61. The van der Waals surface area contributed by atoms with Crippen LogP contribution < -0.4 is 10.2 Å². The molecule has 0 aliphatic heterocycles. The van der Waals surface area contributed by atoms with Crippen LogP contribution in [0.5, 0.6) is 5.75 Å². The number of rotatable bonds is 7. The van der Waals surface area contributed by atoms with E-state index in [-0.39, 0.29) is 12.3 Å². The van der Waals surface area contributed by atoms with Gasteiger partial charge < -0.3 is 4.74 Å². The lowest BCUT2D eigenvalue weighted by Gasteiger charge is -2.06. The Labute approximate surface area is 163 Å². The Hall–Kier alpha value is -3.11.